The summed E-state index contributed by atoms with van der Waals surface area (Å²) in [5, 5.41) is 12.5. The summed E-state index contributed by atoms with van der Waals surface area (Å²) in [6, 6.07) is 0.253. The summed E-state index contributed by atoms with van der Waals surface area (Å²) in [5.41, 5.74) is -0.405. The van der Waals surface area contributed by atoms with Crippen LogP contribution in [0.2, 0.25) is 0 Å². The zero-order valence-corrected chi connectivity index (χ0v) is 7.18. The van der Waals surface area contributed by atoms with E-state index in [9.17, 15) is 4.79 Å². The molecule has 2 atom stereocenters. The van der Waals surface area contributed by atoms with Crippen LogP contribution in [0.1, 0.15) is 32.1 Å². The molecule has 1 saturated heterocycles. The van der Waals surface area contributed by atoms with Crippen molar-refractivity contribution in [2.45, 2.75) is 38.1 Å². The van der Waals surface area contributed by atoms with Gasteiger partial charge >= 0.3 is 5.97 Å². The quantitative estimate of drug-likeness (QED) is 0.615. The minimum atomic E-state index is -0.586. The number of carbonyl (C=O) groups is 1. The Hall–Kier alpha value is -0.570. The monoisotopic (exact) mass is 169 g/mol. The van der Waals surface area contributed by atoms with Crippen molar-refractivity contribution >= 4 is 5.97 Å². The molecule has 2 fully saturated rings. The maximum atomic E-state index is 11.1. The first kappa shape index (κ1) is 8.05. The number of nitrogens with one attached hydrogen (secondary N) is 1. The molecule has 1 saturated carbocycles. The van der Waals surface area contributed by atoms with Crippen molar-refractivity contribution in [3.63, 3.8) is 0 Å². The topological polar surface area (TPSA) is 49.3 Å². The van der Waals surface area contributed by atoms with Crippen LogP contribution in [-0.4, -0.2) is 23.7 Å². The Labute approximate surface area is 72.2 Å². The van der Waals surface area contributed by atoms with Crippen LogP contribution in [0.5, 0.6) is 0 Å². The van der Waals surface area contributed by atoms with Gasteiger partial charge in [0.1, 0.15) is 0 Å². The number of hydrogen-bond acceptors (Lipinski definition) is 2. The summed E-state index contributed by atoms with van der Waals surface area (Å²) in [4.78, 5) is 11.1. The molecule has 0 spiro atoms. The lowest BCUT2D eigenvalue weighted by Gasteiger charge is -2.34. The van der Waals surface area contributed by atoms with E-state index in [2.05, 4.69) is 5.32 Å². The molecular weight excluding hydrogens is 154 g/mol. The van der Waals surface area contributed by atoms with E-state index in [-0.39, 0.29) is 6.04 Å². The van der Waals surface area contributed by atoms with E-state index in [0.717, 1.165) is 32.2 Å². The van der Waals surface area contributed by atoms with E-state index < -0.39 is 11.4 Å². The average molecular weight is 169 g/mol. The molecule has 1 aliphatic carbocycles. The standard InChI is InChI=1S/C9H15NO2/c11-8(12)9-4-2-1-3-7(9)10-6-5-9/h7,10H,1-6H2,(H,11,12)/t7-,9+/m0/s1. The largest absolute Gasteiger partial charge is 0.481 e. The molecule has 2 N–H and O–H groups in total. The van der Waals surface area contributed by atoms with E-state index in [1.54, 1.807) is 0 Å². The Kier molecular flexibility index (Phi) is 1.83. The number of carboxylic acids is 1. The maximum absolute atomic E-state index is 11.1. The van der Waals surface area contributed by atoms with Crippen molar-refractivity contribution in [3.8, 4) is 0 Å². The zero-order valence-electron chi connectivity index (χ0n) is 7.18. The van der Waals surface area contributed by atoms with Gasteiger partial charge in [-0.05, 0) is 25.8 Å². The first-order chi connectivity index (χ1) is 5.76. The molecule has 3 nitrogen and oxygen atoms in total. The van der Waals surface area contributed by atoms with Crippen molar-refractivity contribution in [1.29, 1.82) is 0 Å². The third-order valence-electron chi connectivity index (χ3n) is 3.42. The van der Waals surface area contributed by atoms with Crippen molar-refractivity contribution in [3.05, 3.63) is 0 Å². The molecule has 0 aromatic rings. The minimum Gasteiger partial charge on any atom is -0.481 e. The Balaban J connectivity index is 2.23. The lowest BCUT2D eigenvalue weighted by atomic mass is 9.71. The van der Waals surface area contributed by atoms with Crippen LogP contribution >= 0.6 is 0 Å². The molecule has 0 amide bonds. The highest BCUT2D eigenvalue weighted by Gasteiger charge is 2.49. The third kappa shape index (κ3) is 0.959. The van der Waals surface area contributed by atoms with E-state index in [1.165, 1.54) is 6.42 Å². The van der Waals surface area contributed by atoms with Crippen LogP contribution in [0.25, 0.3) is 0 Å². The summed E-state index contributed by atoms with van der Waals surface area (Å²) < 4.78 is 0. The summed E-state index contributed by atoms with van der Waals surface area (Å²) in [7, 11) is 0. The van der Waals surface area contributed by atoms with Gasteiger partial charge in [-0.1, -0.05) is 12.8 Å². The highest BCUT2D eigenvalue weighted by molar-refractivity contribution is 5.76. The second-order valence-electron chi connectivity index (χ2n) is 3.96. The number of rotatable bonds is 1. The molecule has 0 bridgehead atoms. The van der Waals surface area contributed by atoms with Crippen LogP contribution in [0, 0.1) is 5.41 Å². The SMILES string of the molecule is O=C(O)[C@@]12CCCC[C@@H]1NCC2. The maximum Gasteiger partial charge on any atom is 0.311 e. The lowest BCUT2D eigenvalue weighted by molar-refractivity contribution is -0.151. The third-order valence-corrected chi connectivity index (χ3v) is 3.42. The fourth-order valence-electron chi connectivity index (χ4n) is 2.67. The van der Waals surface area contributed by atoms with Crippen LogP contribution < -0.4 is 5.32 Å². The second kappa shape index (κ2) is 2.73. The molecular formula is C9H15NO2. The Morgan fingerprint density at radius 3 is 2.92 bits per heavy atom. The molecule has 1 heterocycles. The van der Waals surface area contributed by atoms with Gasteiger partial charge in [0.05, 0.1) is 5.41 Å². The van der Waals surface area contributed by atoms with Gasteiger partial charge in [-0.2, -0.15) is 0 Å². The minimum absolute atomic E-state index is 0.253. The Morgan fingerprint density at radius 2 is 2.25 bits per heavy atom. The van der Waals surface area contributed by atoms with Gasteiger partial charge in [0.15, 0.2) is 0 Å². The first-order valence-corrected chi connectivity index (χ1v) is 4.72. The molecule has 12 heavy (non-hydrogen) atoms. The molecule has 1 aliphatic heterocycles. The van der Waals surface area contributed by atoms with Gasteiger partial charge < -0.3 is 10.4 Å². The summed E-state index contributed by atoms with van der Waals surface area (Å²) in [5.74, 6) is -0.586. The van der Waals surface area contributed by atoms with Gasteiger partial charge in [-0.25, -0.2) is 0 Å². The number of fused-ring (bicyclic) bond motifs is 1. The van der Waals surface area contributed by atoms with Gasteiger partial charge in [0.25, 0.3) is 0 Å². The lowest BCUT2D eigenvalue weighted by Crippen LogP contribution is -2.44. The van der Waals surface area contributed by atoms with Crippen LogP contribution in [0.3, 0.4) is 0 Å². The molecule has 2 rings (SSSR count). The first-order valence-electron chi connectivity index (χ1n) is 4.72. The van der Waals surface area contributed by atoms with Crippen molar-refractivity contribution in [2.24, 2.45) is 5.41 Å². The summed E-state index contributed by atoms with van der Waals surface area (Å²) in [6.07, 6.45) is 5.02. The van der Waals surface area contributed by atoms with E-state index in [4.69, 9.17) is 5.11 Å². The van der Waals surface area contributed by atoms with Gasteiger partial charge in [0, 0.05) is 6.04 Å². The van der Waals surface area contributed by atoms with E-state index in [1.807, 2.05) is 0 Å². The van der Waals surface area contributed by atoms with Crippen LogP contribution in [-0.2, 0) is 4.79 Å². The molecule has 0 aromatic carbocycles. The molecule has 0 unspecified atom stereocenters. The van der Waals surface area contributed by atoms with Crippen molar-refractivity contribution in [1.82, 2.24) is 5.32 Å². The van der Waals surface area contributed by atoms with Crippen molar-refractivity contribution < 1.29 is 9.90 Å². The fourth-order valence-corrected chi connectivity index (χ4v) is 2.67. The predicted octanol–water partition coefficient (Wildman–Crippen LogP) is 0.993. The molecule has 3 heteroatoms. The van der Waals surface area contributed by atoms with Gasteiger partial charge in [-0.3, -0.25) is 4.79 Å². The van der Waals surface area contributed by atoms with E-state index >= 15 is 0 Å². The number of hydrogen-bond donors (Lipinski definition) is 2. The highest BCUT2D eigenvalue weighted by Crippen LogP contribution is 2.42. The molecule has 68 valence electrons. The van der Waals surface area contributed by atoms with Gasteiger partial charge in [-0.15, -0.1) is 0 Å². The normalized spacial score (nSPS) is 40.8. The summed E-state index contributed by atoms with van der Waals surface area (Å²) >= 11 is 0. The van der Waals surface area contributed by atoms with Gasteiger partial charge in [0.2, 0.25) is 0 Å². The highest BCUT2D eigenvalue weighted by atomic mass is 16.4. The zero-order chi connectivity index (χ0) is 8.60. The number of aliphatic carboxylic acids is 1. The molecule has 0 radical (unpaired) electrons. The molecule has 0 aromatic heterocycles. The van der Waals surface area contributed by atoms with Crippen molar-refractivity contribution in [2.75, 3.05) is 6.54 Å². The number of carboxylic acid groups (broad SMARTS) is 1. The van der Waals surface area contributed by atoms with Crippen LogP contribution in [0.4, 0.5) is 0 Å². The smallest absolute Gasteiger partial charge is 0.311 e. The summed E-state index contributed by atoms with van der Waals surface area (Å²) in [6.45, 7) is 0.886. The Bertz CT molecular complexity index is 205. The average Bonchev–Trinajstić information content (AvgIpc) is 2.48. The molecule has 2 aliphatic rings. The fraction of sp³-hybridized carbons (Fsp3) is 0.889. The Morgan fingerprint density at radius 1 is 1.42 bits per heavy atom. The second-order valence-corrected chi connectivity index (χ2v) is 3.96. The van der Waals surface area contributed by atoms with Crippen LogP contribution in [0.15, 0.2) is 0 Å². The predicted molar refractivity (Wildman–Crippen MR) is 44.9 cm³/mol. The van der Waals surface area contributed by atoms with E-state index in [0.29, 0.717) is 0 Å².